The summed E-state index contributed by atoms with van der Waals surface area (Å²) in [6, 6.07) is 8.32. The second kappa shape index (κ2) is 6.68. The molecule has 0 radical (unpaired) electrons. The highest BCUT2D eigenvalue weighted by atomic mass is 16.3. The number of aliphatic hydroxyl groups excluding tert-OH is 1. The van der Waals surface area contributed by atoms with E-state index in [1.165, 1.54) is 10.9 Å². The molecular formula is C15H23N3O. The molecule has 0 bridgehead atoms. The van der Waals surface area contributed by atoms with Gasteiger partial charge in [-0.25, -0.2) is 0 Å². The molecule has 104 valence electrons. The zero-order valence-corrected chi connectivity index (χ0v) is 11.8. The highest BCUT2D eigenvalue weighted by molar-refractivity contribution is 5.81. The Labute approximate surface area is 114 Å². The summed E-state index contributed by atoms with van der Waals surface area (Å²) in [6.45, 7) is 6.57. The molecule has 0 aliphatic rings. The smallest absolute Gasteiger partial charge is 0.0841 e. The van der Waals surface area contributed by atoms with Crippen molar-refractivity contribution in [2.75, 3.05) is 6.54 Å². The first-order valence-electron chi connectivity index (χ1n) is 7.09. The van der Waals surface area contributed by atoms with E-state index < -0.39 is 0 Å². The number of hydrogen-bond acceptors (Lipinski definition) is 3. The predicted octanol–water partition coefficient (Wildman–Crippen LogP) is 2.31. The lowest BCUT2D eigenvalue weighted by molar-refractivity contribution is 0.159. The molecular weight excluding hydrogens is 238 g/mol. The highest BCUT2D eigenvalue weighted by Crippen LogP contribution is 2.18. The molecule has 4 heteroatoms. The lowest BCUT2D eigenvalue weighted by atomic mass is 10.2. The van der Waals surface area contributed by atoms with Gasteiger partial charge in [0.2, 0.25) is 0 Å². The molecule has 0 spiro atoms. The third-order valence-electron chi connectivity index (χ3n) is 3.45. The van der Waals surface area contributed by atoms with Gasteiger partial charge in [0.25, 0.3) is 0 Å². The Morgan fingerprint density at radius 3 is 2.84 bits per heavy atom. The summed E-state index contributed by atoms with van der Waals surface area (Å²) in [5.74, 6) is 0. The second-order valence-corrected chi connectivity index (χ2v) is 4.81. The molecule has 2 aromatic rings. The van der Waals surface area contributed by atoms with Crippen LogP contribution in [-0.4, -0.2) is 27.5 Å². The molecule has 1 aromatic carbocycles. The summed E-state index contributed by atoms with van der Waals surface area (Å²) >= 11 is 0. The van der Waals surface area contributed by atoms with E-state index in [9.17, 15) is 5.11 Å². The van der Waals surface area contributed by atoms with Crippen LogP contribution >= 0.6 is 0 Å². The van der Waals surface area contributed by atoms with Crippen molar-refractivity contribution in [3.63, 3.8) is 0 Å². The van der Waals surface area contributed by atoms with E-state index in [1.54, 1.807) is 0 Å². The van der Waals surface area contributed by atoms with Gasteiger partial charge in [0.15, 0.2) is 0 Å². The summed E-state index contributed by atoms with van der Waals surface area (Å²) in [7, 11) is 0. The van der Waals surface area contributed by atoms with Crippen LogP contribution in [0.3, 0.4) is 0 Å². The van der Waals surface area contributed by atoms with Gasteiger partial charge in [0, 0.05) is 18.5 Å². The fraction of sp³-hybridized carbons (Fsp3) is 0.533. The van der Waals surface area contributed by atoms with Gasteiger partial charge >= 0.3 is 0 Å². The van der Waals surface area contributed by atoms with E-state index in [0.29, 0.717) is 0 Å². The molecule has 19 heavy (non-hydrogen) atoms. The van der Waals surface area contributed by atoms with Crippen LogP contribution in [0.4, 0.5) is 0 Å². The van der Waals surface area contributed by atoms with Gasteiger partial charge in [0.1, 0.15) is 0 Å². The van der Waals surface area contributed by atoms with Crippen LogP contribution in [-0.2, 0) is 13.1 Å². The highest BCUT2D eigenvalue weighted by Gasteiger charge is 2.08. The van der Waals surface area contributed by atoms with Crippen LogP contribution in [0.25, 0.3) is 10.9 Å². The zero-order chi connectivity index (χ0) is 13.7. The number of fused-ring (bicyclic) bond motifs is 1. The summed E-state index contributed by atoms with van der Waals surface area (Å²) in [5.41, 5.74) is 2.28. The van der Waals surface area contributed by atoms with Crippen molar-refractivity contribution < 1.29 is 5.11 Å². The Balaban J connectivity index is 2.00. The maximum Gasteiger partial charge on any atom is 0.0841 e. The van der Waals surface area contributed by atoms with Crippen molar-refractivity contribution in [3.8, 4) is 0 Å². The topological polar surface area (TPSA) is 50.1 Å². The molecule has 0 amide bonds. The lowest BCUT2D eigenvalue weighted by Gasteiger charge is -2.07. The standard InChI is InChI=1S/C15H23N3O/c1-3-12(19)9-10-16-11-14-13-7-5-6-8-15(13)18(4-2)17-14/h5-8,12,16,19H,3-4,9-11H2,1-2H3. The first-order valence-corrected chi connectivity index (χ1v) is 7.09. The first kappa shape index (κ1) is 14.0. The van der Waals surface area contributed by atoms with Crippen molar-refractivity contribution in [3.05, 3.63) is 30.0 Å². The quantitative estimate of drug-likeness (QED) is 0.752. The fourth-order valence-electron chi connectivity index (χ4n) is 2.25. The zero-order valence-electron chi connectivity index (χ0n) is 11.8. The Morgan fingerprint density at radius 1 is 1.32 bits per heavy atom. The van der Waals surface area contributed by atoms with Crippen molar-refractivity contribution in [1.29, 1.82) is 0 Å². The van der Waals surface area contributed by atoms with E-state index >= 15 is 0 Å². The lowest BCUT2D eigenvalue weighted by Crippen LogP contribution is -2.20. The average molecular weight is 261 g/mol. The molecule has 1 unspecified atom stereocenters. The molecule has 0 aliphatic heterocycles. The monoisotopic (exact) mass is 261 g/mol. The van der Waals surface area contributed by atoms with Crippen LogP contribution in [0.15, 0.2) is 24.3 Å². The Hall–Kier alpha value is -1.39. The molecule has 1 atom stereocenters. The second-order valence-electron chi connectivity index (χ2n) is 4.81. The van der Waals surface area contributed by atoms with Crippen molar-refractivity contribution in [2.24, 2.45) is 0 Å². The van der Waals surface area contributed by atoms with Gasteiger partial charge < -0.3 is 10.4 Å². The summed E-state index contributed by atoms with van der Waals surface area (Å²) in [4.78, 5) is 0. The largest absolute Gasteiger partial charge is 0.393 e. The third-order valence-corrected chi connectivity index (χ3v) is 3.45. The third kappa shape index (κ3) is 3.33. The van der Waals surface area contributed by atoms with Gasteiger partial charge in [0.05, 0.1) is 17.3 Å². The van der Waals surface area contributed by atoms with Crippen molar-refractivity contribution in [1.82, 2.24) is 15.1 Å². The van der Waals surface area contributed by atoms with Crippen molar-refractivity contribution in [2.45, 2.75) is 45.9 Å². The average Bonchev–Trinajstić information content (AvgIpc) is 2.81. The minimum Gasteiger partial charge on any atom is -0.393 e. The van der Waals surface area contributed by atoms with Crippen molar-refractivity contribution >= 4 is 10.9 Å². The maximum absolute atomic E-state index is 9.51. The number of aryl methyl sites for hydroxylation is 1. The van der Waals surface area contributed by atoms with Crippen LogP contribution in [0.5, 0.6) is 0 Å². The van der Waals surface area contributed by atoms with Gasteiger partial charge in [-0.2, -0.15) is 5.10 Å². The number of benzene rings is 1. The Bertz CT molecular complexity index is 521. The van der Waals surface area contributed by atoms with E-state index in [4.69, 9.17) is 0 Å². The summed E-state index contributed by atoms with van der Waals surface area (Å²) < 4.78 is 2.03. The molecule has 0 saturated carbocycles. The van der Waals surface area contributed by atoms with E-state index in [1.807, 2.05) is 23.7 Å². The Morgan fingerprint density at radius 2 is 2.11 bits per heavy atom. The van der Waals surface area contributed by atoms with Gasteiger partial charge in [-0.1, -0.05) is 25.1 Å². The number of hydrogen-bond donors (Lipinski definition) is 2. The van der Waals surface area contributed by atoms with Gasteiger partial charge in [-0.05, 0) is 32.4 Å². The molecule has 1 heterocycles. The van der Waals surface area contributed by atoms with E-state index in [0.717, 1.165) is 38.2 Å². The number of para-hydroxylation sites is 1. The van der Waals surface area contributed by atoms with E-state index in [2.05, 4.69) is 29.5 Å². The summed E-state index contributed by atoms with van der Waals surface area (Å²) in [5, 5.41) is 18.7. The predicted molar refractivity (Wildman–Crippen MR) is 78.0 cm³/mol. The number of nitrogens with one attached hydrogen (secondary N) is 1. The molecule has 0 saturated heterocycles. The minimum atomic E-state index is -0.197. The van der Waals surface area contributed by atoms with Gasteiger partial charge in [-0.15, -0.1) is 0 Å². The van der Waals surface area contributed by atoms with Crippen LogP contribution in [0, 0.1) is 0 Å². The SMILES string of the molecule is CCC(O)CCNCc1nn(CC)c2ccccc12. The minimum absolute atomic E-state index is 0.197. The fourth-order valence-corrected chi connectivity index (χ4v) is 2.25. The van der Waals surface area contributed by atoms with Crippen LogP contribution in [0.1, 0.15) is 32.4 Å². The molecule has 1 aromatic heterocycles. The van der Waals surface area contributed by atoms with E-state index in [-0.39, 0.29) is 6.10 Å². The van der Waals surface area contributed by atoms with Crippen LogP contribution < -0.4 is 5.32 Å². The Kier molecular flexibility index (Phi) is 4.93. The molecule has 2 N–H and O–H groups in total. The molecule has 0 aliphatic carbocycles. The first-order chi connectivity index (χ1) is 9.26. The van der Waals surface area contributed by atoms with Gasteiger partial charge in [-0.3, -0.25) is 4.68 Å². The number of aliphatic hydroxyl groups is 1. The molecule has 4 nitrogen and oxygen atoms in total. The normalized spacial score (nSPS) is 13.0. The molecule has 2 rings (SSSR count). The number of rotatable bonds is 7. The number of nitrogens with zero attached hydrogens (tertiary/aromatic N) is 2. The summed E-state index contributed by atoms with van der Waals surface area (Å²) in [6.07, 6.45) is 1.41. The number of aromatic nitrogens is 2. The molecule has 0 fully saturated rings. The van der Waals surface area contributed by atoms with Crippen LogP contribution in [0.2, 0.25) is 0 Å². The maximum atomic E-state index is 9.51.